The first-order valence-electron chi connectivity index (χ1n) is 10.6. The summed E-state index contributed by atoms with van der Waals surface area (Å²) in [5.41, 5.74) is -0.363. The van der Waals surface area contributed by atoms with Gasteiger partial charge in [0.15, 0.2) is 0 Å². The molecule has 0 aromatic rings. The van der Waals surface area contributed by atoms with Gasteiger partial charge in [-0.1, -0.05) is 90.9 Å². The summed E-state index contributed by atoms with van der Waals surface area (Å²) >= 11 is 0. The van der Waals surface area contributed by atoms with E-state index in [0.717, 1.165) is 12.8 Å². The molecule has 0 N–H and O–H groups in total. The number of rotatable bonds is 15. The highest BCUT2D eigenvalue weighted by molar-refractivity contribution is 5.72. The molecule has 0 aliphatic rings. The zero-order valence-electron chi connectivity index (χ0n) is 17.3. The lowest BCUT2D eigenvalue weighted by molar-refractivity contribution is -0.160. The first-order chi connectivity index (χ1) is 11.4. The normalized spacial score (nSPS) is 13.0. The van der Waals surface area contributed by atoms with Crippen LogP contribution in [-0.2, 0) is 9.53 Å². The molecule has 2 heteroatoms. The van der Waals surface area contributed by atoms with Crippen molar-refractivity contribution in [3.05, 3.63) is 0 Å². The molecule has 0 heterocycles. The van der Waals surface area contributed by atoms with E-state index in [1.54, 1.807) is 0 Å². The van der Waals surface area contributed by atoms with Crippen molar-refractivity contribution < 1.29 is 9.53 Å². The topological polar surface area (TPSA) is 26.3 Å². The van der Waals surface area contributed by atoms with E-state index in [1.807, 2.05) is 20.8 Å². The van der Waals surface area contributed by atoms with Crippen LogP contribution in [0.25, 0.3) is 0 Å². The number of hydrogen-bond donors (Lipinski definition) is 0. The Morgan fingerprint density at radius 2 is 1.08 bits per heavy atom. The molecule has 0 aliphatic carbocycles. The Balaban J connectivity index is 4.09. The summed E-state index contributed by atoms with van der Waals surface area (Å²) in [4.78, 5) is 12.5. The van der Waals surface area contributed by atoms with E-state index in [2.05, 4.69) is 13.8 Å². The maximum Gasteiger partial charge on any atom is 0.309 e. The molecule has 0 aromatic carbocycles. The molecule has 24 heavy (non-hydrogen) atoms. The lowest BCUT2D eigenvalue weighted by Gasteiger charge is -2.24. The highest BCUT2D eigenvalue weighted by atomic mass is 16.6. The van der Waals surface area contributed by atoms with Gasteiger partial charge in [-0.2, -0.15) is 0 Å². The van der Waals surface area contributed by atoms with Crippen LogP contribution in [0.4, 0.5) is 0 Å². The van der Waals surface area contributed by atoms with Gasteiger partial charge in [0.1, 0.15) is 5.60 Å². The van der Waals surface area contributed by atoms with E-state index in [0.29, 0.717) is 0 Å². The molecule has 0 radical (unpaired) electrons. The van der Waals surface area contributed by atoms with Crippen LogP contribution in [0.15, 0.2) is 0 Å². The van der Waals surface area contributed by atoms with Gasteiger partial charge in [-0.25, -0.2) is 0 Å². The summed E-state index contributed by atoms with van der Waals surface area (Å²) in [5, 5.41) is 0. The van der Waals surface area contributed by atoms with Gasteiger partial charge < -0.3 is 4.74 Å². The number of unbranched alkanes of at least 4 members (excludes halogenated alkanes) is 10. The predicted molar refractivity (Wildman–Crippen MR) is 105 cm³/mol. The summed E-state index contributed by atoms with van der Waals surface area (Å²) in [6.07, 6.45) is 17.5. The highest BCUT2D eigenvalue weighted by Gasteiger charge is 2.24. The van der Waals surface area contributed by atoms with Crippen LogP contribution >= 0.6 is 0 Å². The molecule has 1 unspecified atom stereocenters. The van der Waals surface area contributed by atoms with Gasteiger partial charge in [0, 0.05) is 0 Å². The maximum atomic E-state index is 12.5. The standard InChI is InChI=1S/C22H44O2/c1-6-8-10-12-13-15-17-19-20(18-16-14-11-9-7-2)21(23)24-22(3,4)5/h20H,6-19H2,1-5H3. The zero-order chi connectivity index (χ0) is 18.3. The minimum absolute atomic E-state index is 0.0315. The second kappa shape index (κ2) is 14.8. The van der Waals surface area contributed by atoms with Crippen LogP contribution in [0.1, 0.15) is 125 Å². The van der Waals surface area contributed by atoms with Crippen LogP contribution in [-0.4, -0.2) is 11.6 Å². The smallest absolute Gasteiger partial charge is 0.309 e. The number of carbonyl (C=O) groups excluding carboxylic acids is 1. The van der Waals surface area contributed by atoms with Gasteiger partial charge in [-0.3, -0.25) is 4.79 Å². The third kappa shape index (κ3) is 15.0. The summed E-state index contributed by atoms with van der Waals surface area (Å²) in [6, 6.07) is 0. The monoisotopic (exact) mass is 340 g/mol. The predicted octanol–water partition coefficient (Wildman–Crippen LogP) is 7.45. The van der Waals surface area contributed by atoms with Gasteiger partial charge in [-0.05, 0) is 33.6 Å². The van der Waals surface area contributed by atoms with Gasteiger partial charge in [0.25, 0.3) is 0 Å². The van der Waals surface area contributed by atoms with Crippen LogP contribution in [0.5, 0.6) is 0 Å². The van der Waals surface area contributed by atoms with Crippen molar-refractivity contribution in [2.24, 2.45) is 5.92 Å². The van der Waals surface area contributed by atoms with Gasteiger partial charge >= 0.3 is 5.97 Å². The fourth-order valence-electron chi connectivity index (χ4n) is 3.11. The molecular formula is C22H44O2. The molecule has 0 spiro atoms. The van der Waals surface area contributed by atoms with Crippen molar-refractivity contribution in [2.75, 3.05) is 0 Å². The number of carbonyl (C=O) groups is 1. The van der Waals surface area contributed by atoms with E-state index >= 15 is 0 Å². The molecule has 0 saturated carbocycles. The molecule has 0 rings (SSSR count). The Kier molecular flexibility index (Phi) is 14.5. The minimum atomic E-state index is -0.363. The van der Waals surface area contributed by atoms with E-state index in [9.17, 15) is 4.79 Å². The van der Waals surface area contributed by atoms with Crippen molar-refractivity contribution in [3.8, 4) is 0 Å². The van der Waals surface area contributed by atoms with Crippen LogP contribution in [0.3, 0.4) is 0 Å². The fraction of sp³-hybridized carbons (Fsp3) is 0.955. The van der Waals surface area contributed by atoms with Crippen molar-refractivity contribution in [3.63, 3.8) is 0 Å². The quantitative estimate of drug-likeness (QED) is 0.228. The molecular weight excluding hydrogens is 296 g/mol. The van der Waals surface area contributed by atoms with Gasteiger partial charge in [0.05, 0.1) is 5.92 Å². The average Bonchev–Trinajstić information content (AvgIpc) is 2.50. The molecule has 0 fully saturated rings. The Morgan fingerprint density at radius 3 is 1.46 bits per heavy atom. The Morgan fingerprint density at radius 1 is 0.708 bits per heavy atom. The first-order valence-corrected chi connectivity index (χ1v) is 10.6. The lowest BCUT2D eigenvalue weighted by Crippen LogP contribution is -2.28. The molecule has 0 aliphatic heterocycles. The van der Waals surface area contributed by atoms with Crippen LogP contribution < -0.4 is 0 Å². The molecule has 1 atom stereocenters. The second-order valence-corrected chi connectivity index (χ2v) is 8.34. The zero-order valence-corrected chi connectivity index (χ0v) is 17.3. The van der Waals surface area contributed by atoms with Gasteiger partial charge in [-0.15, -0.1) is 0 Å². The molecule has 144 valence electrons. The van der Waals surface area contributed by atoms with E-state index in [-0.39, 0.29) is 17.5 Å². The number of ether oxygens (including phenoxy) is 1. The maximum absolute atomic E-state index is 12.5. The summed E-state index contributed by atoms with van der Waals surface area (Å²) in [5.74, 6) is 0.144. The fourth-order valence-corrected chi connectivity index (χ4v) is 3.11. The average molecular weight is 341 g/mol. The summed E-state index contributed by atoms with van der Waals surface area (Å²) in [6.45, 7) is 10.4. The Bertz CT molecular complexity index is 291. The third-order valence-corrected chi connectivity index (χ3v) is 4.55. The van der Waals surface area contributed by atoms with E-state index in [1.165, 1.54) is 77.0 Å². The molecule has 0 saturated heterocycles. The lowest BCUT2D eigenvalue weighted by atomic mass is 9.94. The van der Waals surface area contributed by atoms with Crippen molar-refractivity contribution in [1.82, 2.24) is 0 Å². The molecule has 2 nitrogen and oxygen atoms in total. The first kappa shape index (κ1) is 23.5. The highest BCUT2D eigenvalue weighted by Crippen LogP contribution is 2.23. The van der Waals surface area contributed by atoms with Crippen molar-refractivity contribution in [1.29, 1.82) is 0 Å². The molecule has 0 bridgehead atoms. The van der Waals surface area contributed by atoms with Crippen molar-refractivity contribution >= 4 is 5.97 Å². The number of hydrogen-bond acceptors (Lipinski definition) is 2. The third-order valence-electron chi connectivity index (χ3n) is 4.55. The molecule has 0 amide bonds. The number of esters is 1. The SMILES string of the molecule is CCCCCCCCCC(CCCCCCC)C(=O)OC(C)(C)C. The molecule has 0 aromatic heterocycles. The van der Waals surface area contributed by atoms with Crippen LogP contribution in [0.2, 0.25) is 0 Å². The summed E-state index contributed by atoms with van der Waals surface area (Å²) in [7, 11) is 0. The van der Waals surface area contributed by atoms with Gasteiger partial charge in [0.2, 0.25) is 0 Å². The Labute approximate surface area is 152 Å². The van der Waals surface area contributed by atoms with Crippen LogP contribution in [0, 0.1) is 5.92 Å². The Hall–Kier alpha value is -0.530. The van der Waals surface area contributed by atoms with E-state index in [4.69, 9.17) is 4.74 Å². The summed E-state index contributed by atoms with van der Waals surface area (Å²) < 4.78 is 5.65. The largest absolute Gasteiger partial charge is 0.460 e. The van der Waals surface area contributed by atoms with Crippen molar-refractivity contribution in [2.45, 2.75) is 130 Å². The van der Waals surface area contributed by atoms with E-state index < -0.39 is 0 Å². The second-order valence-electron chi connectivity index (χ2n) is 8.34. The minimum Gasteiger partial charge on any atom is -0.460 e.